The molecule has 0 fully saturated rings. The van der Waals surface area contributed by atoms with Crippen molar-refractivity contribution < 1.29 is 8.42 Å². The summed E-state index contributed by atoms with van der Waals surface area (Å²) in [5, 5.41) is -0.0238. The molecule has 0 atom stereocenters. The van der Waals surface area contributed by atoms with E-state index >= 15 is 0 Å². The Morgan fingerprint density at radius 1 is 1.33 bits per heavy atom. The van der Waals surface area contributed by atoms with Crippen molar-refractivity contribution in [2.45, 2.75) is 11.9 Å². The predicted octanol–water partition coefficient (Wildman–Crippen LogP) is 1.69. The van der Waals surface area contributed by atoms with Crippen LogP contribution in [0.2, 0.25) is 0 Å². The number of aryl methyl sites for hydroxylation is 2. The zero-order chi connectivity index (χ0) is 13.3. The van der Waals surface area contributed by atoms with Crippen LogP contribution in [-0.2, 0) is 17.1 Å². The van der Waals surface area contributed by atoms with Gasteiger partial charge in [0.15, 0.2) is 5.03 Å². The van der Waals surface area contributed by atoms with E-state index in [4.69, 9.17) is 0 Å². The number of aromatic nitrogens is 3. The van der Waals surface area contributed by atoms with Crippen molar-refractivity contribution in [3.63, 3.8) is 0 Å². The third kappa shape index (κ3) is 2.70. The molecule has 8 heteroatoms. The Labute approximate surface area is 113 Å². The number of sulfonamides is 1. The summed E-state index contributed by atoms with van der Waals surface area (Å²) in [6.07, 6.45) is 1.45. The molecular weight excluding hydrogens is 320 g/mol. The van der Waals surface area contributed by atoms with Crippen molar-refractivity contribution in [3.05, 3.63) is 34.8 Å². The minimum Gasteiger partial charge on any atom is -0.337 e. The van der Waals surface area contributed by atoms with Gasteiger partial charge in [-0.05, 0) is 35.0 Å². The molecule has 2 rings (SSSR count). The van der Waals surface area contributed by atoms with Crippen molar-refractivity contribution in [1.29, 1.82) is 0 Å². The van der Waals surface area contributed by atoms with Gasteiger partial charge in [0.25, 0.3) is 10.0 Å². The number of pyridine rings is 1. The Hall–Kier alpha value is -1.41. The smallest absolute Gasteiger partial charge is 0.282 e. The molecule has 0 unspecified atom stereocenters. The number of hydrogen-bond acceptors (Lipinski definition) is 4. The van der Waals surface area contributed by atoms with Gasteiger partial charge in [-0.2, -0.15) is 8.42 Å². The van der Waals surface area contributed by atoms with Crippen LogP contribution in [0.5, 0.6) is 0 Å². The van der Waals surface area contributed by atoms with Gasteiger partial charge in [-0.15, -0.1) is 0 Å². The molecule has 2 aromatic rings. The summed E-state index contributed by atoms with van der Waals surface area (Å²) in [7, 11) is -1.96. The fourth-order valence-corrected chi connectivity index (χ4v) is 2.70. The zero-order valence-corrected chi connectivity index (χ0v) is 12.2. The summed E-state index contributed by atoms with van der Waals surface area (Å²) < 4.78 is 28.6. The first kappa shape index (κ1) is 13.0. The highest BCUT2D eigenvalue weighted by atomic mass is 79.9. The van der Waals surface area contributed by atoms with Gasteiger partial charge in [-0.1, -0.05) is 6.07 Å². The zero-order valence-electron chi connectivity index (χ0n) is 9.75. The van der Waals surface area contributed by atoms with Crippen LogP contribution in [-0.4, -0.2) is 23.0 Å². The van der Waals surface area contributed by atoms with Gasteiger partial charge in [0.2, 0.25) is 0 Å². The van der Waals surface area contributed by atoms with Gasteiger partial charge in [0.05, 0.1) is 0 Å². The summed E-state index contributed by atoms with van der Waals surface area (Å²) in [6.45, 7) is 1.73. The second kappa shape index (κ2) is 4.69. The highest BCUT2D eigenvalue weighted by Gasteiger charge is 2.19. The molecule has 0 amide bonds. The number of halogens is 1. The van der Waals surface area contributed by atoms with Gasteiger partial charge < -0.3 is 4.57 Å². The molecule has 0 spiro atoms. The molecule has 0 aliphatic carbocycles. The molecule has 0 bridgehead atoms. The van der Waals surface area contributed by atoms with Crippen LogP contribution in [0.25, 0.3) is 0 Å². The van der Waals surface area contributed by atoms with E-state index in [1.54, 1.807) is 36.7 Å². The lowest BCUT2D eigenvalue weighted by atomic mass is 10.5. The Bertz CT molecular complexity index is 661. The Morgan fingerprint density at radius 3 is 2.61 bits per heavy atom. The molecule has 2 aromatic heterocycles. The fraction of sp³-hybridized carbons (Fsp3) is 0.200. The van der Waals surface area contributed by atoms with E-state index in [0.29, 0.717) is 10.4 Å². The van der Waals surface area contributed by atoms with Gasteiger partial charge in [0.1, 0.15) is 16.2 Å². The molecule has 0 saturated carbocycles. The lowest BCUT2D eigenvalue weighted by Gasteiger charge is -2.04. The van der Waals surface area contributed by atoms with Crippen molar-refractivity contribution in [2.75, 3.05) is 4.72 Å². The van der Waals surface area contributed by atoms with Gasteiger partial charge in [-0.3, -0.25) is 4.72 Å². The first-order valence-electron chi connectivity index (χ1n) is 5.04. The molecule has 18 heavy (non-hydrogen) atoms. The molecule has 0 saturated heterocycles. The lowest BCUT2D eigenvalue weighted by molar-refractivity contribution is 0.598. The monoisotopic (exact) mass is 330 g/mol. The summed E-state index contributed by atoms with van der Waals surface area (Å²) in [5.41, 5.74) is 0. The Morgan fingerprint density at radius 2 is 2.06 bits per heavy atom. The molecule has 0 aromatic carbocycles. The SMILES string of the molecule is Cc1nc(S(=O)(=O)Nc2cccc(Br)n2)cn1C. The van der Waals surface area contributed by atoms with E-state index in [1.165, 1.54) is 6.20 Å². The maximum atomic E-state index is 12.0. The van der Waals surface area contributed by atoms with Crippen molar-refractivity contribution in [3.8, 4) is 0 Å². The molecule has 96 valence electrons. The van der Waals surface area contributed by atoms with Crippen molar-refractivity contribution in [2.24, 2.45) is 7.05 Å². The highest BCUT2D eigenvalue weighted by Crippen LogP contribution is 2.15. The van der Waals surface area contributed by atoms with E-state index in [0.717, 1.165) is 0 Å². The summed E-state index contributed by atoms with van der Waals surface area (Å²) in [6, 6.07) is 4.97. The molecular formula is C10H11BrN4O2S. The highest BCUT2D eigenvalue weighted by molar-refractivity contribution is 9.10. The number of imidazole rings is 1. The average molecular weight is 331 g/mol. The normalized spacial score (nSPS) is 11.5. The number of nitrogens with zero attached hydrogens (tertiary/aromatic N) is 3. The topological polar surface area (TPSA) is 76.9 Å². The minimum atomic E-state index is -3.70. The van der Waals surface area contributed by atoms with E-state index in [2.05, 4.69) is 30.6 Å². The third-order valence-electron chi connectivity index (χ3n) is 2.32. The van der Waals surface area contributed by atoms with E-state index in [-0.39, 0.29) is 10.8 Å². The van der Waals surface area contributed by atoms with Crippen LogP contribution in [0.15, 0.2) is 34.0 Å². The fourth-order valence-electron chi connectivity index (χ4n) is 1.31. The van der Waals surface area contributed by atoms with Crippen molar-refractivity contribution in [1.82, 2.24) is 14.5 Å². The third-order valence-corrected chi connectivity index (χ3v) is 3.98. The van der Waals surface area contributed by atoms with E-state index in [1.807, 2.05) is 0 Å². The number of hydrogen-bond donors (Lipinski definition) is 1. The quantitative estimate of drug-likeness (QED) is 0.869. The molecule has 2 heterocycles. The van der Waals surface area contributed by atoms with Crippen LogP contribution < -0.4 is 4.72 Å². The number of nitrogens with one attached hydrogen (secondary N) is 1. The average Bonchev–Trinajstić information content (AvgIpc) is 2.59. The molecule has 1 N–H and O–H groups in total. The van der Waals surface area contributed by atoms with Crippen molar-refractivity contribution >= 4 is 31.8 Å². The van der Waals surface area contributed by atoms with Crippen LogP contribution in [0, 0.1) is 6.92 Å². The first-order valence-corrected chi connectivity index (χ1v) is 7.31. The molecule has 6 nitrogen and oxygen atoms in total. The van der Waals surface area contributed by atoms with Gasteiger partial charge >= 0.3 is 0 Å². The largest absolute Gasteiger partial charge is 0.337 e. The molecule has 0 radical (unpaired) electrons. The van der Waals surface area contributed by atoms with E-state index < -0.39 is 10.0 Å². The van der Waals surface area contributed by atoms with E-state index in [9.17, 15) is 8.42 Å². The van der Waals surface area contributed by atoms with Gasteiger partial charge in [0, 0.05) is 13.2 Å². The van der Waals surface area contributed by atoms with Gasteiger partial charge in [-0.25, -0.2) is 9.97 Å². The second-order valence-corrected chi connectivity index (χ2v) is 6.13. The minimum absolute atomic E-state index is 0.0238. The number of rotatable bonds is 3. The summed E-state index contributed by atoms with van der Waals surface area (Å²) in [5.74, 6) is 0.866. The van der Waals surface area contributed by atoms with Crippen LogP contribution in [0.3, 0.4) is 0 Å². The van der Waals surface area contributed by atoms with Crippen LogP contribution in [0.1, 0.15) is 5.82 Å². The number of anilines is 1. The van der Waals surface area contributed by atoms with Crippen LogP contribution in [0.4, 0.5) is 5.82 Å². The summed E-state index contributed by atoms with van der Waals surface area (Å²) in [4.78, 5) is 7.98. The first-order chi connectivity index (χ1) is 8.38. The Kier molecular flexibility index (Phi) is 3.40. The summed E-state index contributed by atoms with van der Waals surface area (Å²) >= 11 is 3.18. The molecule has 0 aliphatic rings. The predicted molar refractivity (Wildman–Crippen MR) is 70.7 cm³/mol. The molecule has 0 aliphatic heterocycles. The van der Waals surface area contributed by atoms with Crippen LogP contribution >= 0.6 is 15.9 Å². The Balaban J connectivity index is 2.33. The maximum absolute atomic E-state index is 12.0. The standard InChI is InChI=1S/C10H11BrN4O2S/c1-7-12-10(6-15(7)2)18(16,17)14-9-5-3-4-8(11)13-9/h3-6H,1-2H3,(H,13,14). The lowest BCUT2D eigenvalue weighted by Crippen LogP contribution is -2.14. The maximum Gasteiger partial charge on any atom is 0.282 e. The second-order valence-electron chi connectivity index (χ2n) is 3.69.